The molecule has 2 aromatic rings. The molecule has 1 aromatic heterocycles. The lowest BCUT2D eigenvalue weighted by Gasteiger charge is -2.17. The Kier molecular flexibility index (Phi) is 5.12. The van der Waals surface area contributed by atoms with Gasteiger partial charge in [0.25, 0.3) is 0 Å². The maximum absolute atomic E-state index is 12.7. The fourth-order valence-electron chi connectivity index (χ4n) is 4.34. The van der Waals surface area contributed by atoms with Crippen molar-refractivity contribution in [1.29, 1.82) is 0 Å². The Morgan fingerprint density at radius 1 is 1.28 bits per heavy atom. The van der Waals surface area contributed by atoms with Crippen molar-refractivity contribution < 1.29 is 9.21 Å². The van der Waals surface area contributed by atoms with Gasteiger partial charge in [-0.3, -0.25) is 4.79 Å². The van der Waals surface area contributed by atoms with Crippen molar-refractivity contribution in [3.8, 4) is 0 Å². The minimum Gasteiger partial charge on any atom is -0.464 e. The average Bonchev–Trinajstić information content (AvgIpc) is 3.20. The van der Waals surface area contributed by atoms with E-state index in [-0.39, 0.29) is 18.3 Å². The predicted molar refractivity (Wildman–Crippen MR) is 102 cm³/mol. The maximum atomic E-state index is 12.7. The summed E-state index contributed by atoms with van der Waals surface area (Å²) in [4.78, 5) is 14.8. The highest BCUT2D eigenvalue weighted by Crippen LogP contribution is 2.31. The second-order valence-corrected chi connectivity index (χ2v) is 7.77. The van der Waals surface area contributed by atoms with Gasteiger partial charge >= 0.3 is 0 Å². The highest BCUT2D eigenvalue weighted by molar-refractivity contribution is 5.88. The molecule has 4 rings (SSSR count). The van der Waals surface area contributed by atoms with Gasteiger partial charge < -0.3 is 14.6 Å². The van der Waals surface area contributed by atoms with Gasteiger partial charge in [-0.2, -0.15) is 0 Å². The van der Waals surface area contributed by atoms with Crippen molar-refractivity contribution in [3.05, 3.63) is 35.1 Å². The summed E-state index contributed by atoms with van der Waals surface area (Å²) < 4.78 is 5.72. The van der Waals surface area contributed by atoms with E-state index in [9.17, 15) is 4.79 Å². The number of benzene rings is 1. The Labute approximate surface area is 155 Å². The number of carbonyl (C=O) groups excluding carboxylic acids is 1. The molecule has 0 saturated carbocycles. The van der Waals surface area contributed by atoms with E-state index in [2.05, 4.69) is 38.2 Å². The Morgan fingerprint density at radius 2 is 1.96 bits per heavy atom. The smallest absolute Gasteiger partial charge is 0.227 e. The molecule has 1 N–H and O–H groups in total. The zero-order valence-corrected chi connectivity index (χ0v) is 16.0. The summed E-state index contributed by atoms with van der Waals surface area (Å²) in [5.74, 6) is 1.99. The Hall–Kier alpha value is -1.52. The minimum atomic E-state index is 0. The van der Waals surface area contributed by atoms with Gasteiger partial charge in [0, 0.05) is 37.1 Å². The van der Waals surface area contributed by atoms with Crippen molar-refractivity contribution in [2.45, 2.75) is 33.1 Å². The summed E-state index contributed by atoms with van der Waals surface area (Å²) in [6.45, 7) is 10.5. The van der Waals surface area contributed by atoms with Crippen molar-refractivity contribution in [3.63, 3.8) is 0 Å². The van der Waals surface area contributed by atoms with Crippen LogP contribution in [0.5, 0.6) is 0 Å². The zero-order chi connectivity index (χ0) is 16.8. The first-order chi connectivity index (χ1) is 11.5. The third-order valence-electron chi connectivity index (χ3n) is 5.75. The number of rotatable bonds is 3. The number of carbonyl (C=O) groups is 1. The van der Waals surface area contributed by atoms with Crippen LogP contribution < -0.4 is 5.32 Å². The number of fused-ring (bicyclic) bond motifs is 2. The SMILES string of the molecule is Cc1cc2occ(CC(=O)N3C[C@H]4CNC[C@H]4C3)c2cc1C(C)C.Cl. The first-order valence-electron chi connectivity index (χ1n) is 9.02. The van der Waals surface area contributed by atoms with E-state index in [1.807, 2.05) is 4.90 Å². The molecule has 3 heterocycles. The third-order valence-corrected chi connectivity index (χ3v) is 5.75. The molecule has 0 spiro atoms. The summed E-state index contributed by atoms with van der Waals surface area (Å²) in [5.41, 5.74) is 4.50. The van der Waals surface area contributed by atoms with Gasteiger partial charge in [-0.05, 0) is 47.9 Å². The molecule has 25 heavy (non-hydrogen) atoms. The number of hydrogen-bond acceptors (Lipinski definition) is 3. The van der Waals surface area contributed by atoms with E-state index in [1.165, 1.54) is 11.1 Å². The van der Waals surface area contributed by atoms with Crippen molar-refractivity contribution in [1.82, 2.24) is 10.2 Å². The molecule has 0 bridgehead atoms. The standard InChI is InChI=1S/C20H26N2O2.ClH/c1-12(2)17-6-18-14(11-24-19(18)4-13(17)3)5-20(23)22-9-15-7-21-8-16(15)10-22;/h4,6,11-12,15-16,21H,5,7-10H2,1-3H3;1H/t15-,16+;. The van der Waals surface area contributed by atoms with Gasteiger partial charge in [0.05, 0.1) is 12.7 Å². The lowest BCUT2D eigenvalue weighted by Crippen LogP contribution is -2.32. The summed E-state index contributed by atoms with van der Waals surface area (Å²) >= 11 is 0. The van der Waals surface area contributed by atoms with Crippen molar-refractivity contribution >= 4 is 29.3 Å². The number of furan rings is 1. The van der Waals surface area contributed by atoms with Crippen LogP contribution in [-0.2, 0) is 11.2 Å². The Bertz CT molecular complexity index is 771. The number of aryl methyl sites for hydroxylation is 1. The molecule has 2 aliphatic rings. The highest BCUT2D eigenvalue weighted by atomic mass is 35.5. The average molecular weight is 363 g/mol. The Morgan fingerprint density at radius 3 is 2.60 bits per heavy atom. The van der Waals surface area contributed by atoms with Crippen LogP contribution in [0.4, 0.5) is 0 Å². The van der Waals surface area contributed by atoms with Crippen LogP contribution in [-0.4, -0.2) is 37.0 Å². The van der Waals surface area contributed by atoms with Gasteiger partial charge in [-0.15, -0.1) is 12.4 Å². The molecule has 5 heteroatoms. The molecule has 1 aromatic carbocycles. The van der Waals surface area contributed by atoms with Gasteiger partial charge in [0.15, 0.2) is 0 Å². The van der Waals surface area contributed by atoms with Crippen LogP contribution in [0.3, 0.4) is 0 Å². The topological polar surface area (TPSA) is 45.5 Å². The van der Waals surface area contributed by atoms with Crippen LogP contribution in [0.25, 0.3) is 11.0 Å². The first-order valence-corrected chi connectivity index (χ1v) is 9.02. The highest BCUT2D eigenvalue weighted by Gasteiger charge is 2.38. The number of hydrogen-bond donors (Lipinski definition) is 1. The second-order valence-electron chi connectivity index (χ2n) is 7.77. The number of nitrogens with zero attached hydrogens (tertiary/aromatic N) is 1. The molecule has 0 aliphatic carbocycles. The van der Waals surface area contributed by atoms with Gasteiger partial charge in [-0.1, -0.05) is 13.8 Å². The van der Waals surface area contributed by atoms with Crippen LogP contribution >= 0.6 is 12.4 Å². The van der Waals surface area contributed by atoms with Crippen LogP contribution in [0.15, 0.2) is 22.8 Å². The number of nitrogens with one attached hydrogen (secondary N) is 1. The molecule has 1 amide bonds. The molecule has 2 atom stereocenters. The molecule has 2 saturated heterocycles. The molecule has 136 valence electrons. The zero-order valence-electron chi connectivity index (χ0n) is 15.2. The molecular formula is C20H27ClN2O2. The van der Waals surface area contributed by atoms with Gasteiger partial charge in [0.2, 0.25) is 5.91 Å². The second kappa shape index (κ2) is 7.00. The maximum Gasteiger partial charge on any atom is 0.227 e. The summed E-state index contributed by atoms with van der Waals surface area (Å²) in [5, 5.41) is 4.52. The molecular weight excluding hydrogens is 336 g/mol. The largest absolute Gasteiger partial charge is 0.464 e. The quantitative estimate of drug-likeness (QED) is 0.908. The first kappa shape index (κ1) is 18.3. The number of likely N-dealkylation sites (tertiary alicyclic amines) is 1. The minimum absolute atomic E-state index is 0. The lowest BCUT2D eigenvalue weighted by atomic mass is 9.95. The summed E-state index contributed by atoms with van der Waals surface area (Å²) in [7, 11) is 0. The monoisotopic (exact) mass is 362 g/mol. The molecule has 2 aliphatic heterocycles. The van der Waals surface area contributed by atoms with Gasteiger partial charge in [0.1, 0.15) is 5.58 Å². The predicted octanol–water partition coefficient (Wildman–Crippen LogP) is 3.51. The van der Waals surface area contributed by atoms with E-state index >= 15 is 0 Å². The fraction of sp³-hybridized carbons (Fsp3) is 0.550. The fourth-order valence-corrected chi connectivity index (χ4v) is 4.34. The number of amides is 1. The lowest BCUT2D eigenvalue weighted by molar-refractivity contribution is -0.129. The molecule has 0 radical (unpaired) electrons. The summed E-state index contributed by atoms with van der Waals surface area (Å²) in [6, 6.07) is 4.31. The normalized spacial score (nSPS) is 22.5. The van der Waals surface area contributed by atoms with Crippen molar-refractivity contribution in [2.24, 2.45) is 11.8 Å². The van der Waals surface area contributed by atoms with E-state index in [0.717, 1.165) is 42.7 Å². The molecule has 2 fully saturated rings. The Balaban J connectivity index is 0.00000182. The van der Waals surface area contributed by atoms with E-state index in [0.29, 0.717) is 24.2 Å². The molecule has 0 unspecified atom stereocenters. The third kappa shape index (κ3) is 3.30. The van der Waals surface area contributed by atoms with Crippen LogP contribution in [0.2, 0.25) is 0 Å². The molecule has 4 nitrogen and oxygen atoms in total. The van der Waals surface area contributed by atoms with Crippen LogP contribution in [0, 0.1) is 18.8 Å². The van der Waals surface area contributed by atoms with E-state index < -0.39 is 0 Å². The van der Waals surface area contributed by atoms with Crippen LogP contribution in [0.1, 0.15) is 36.5 Å². The van der Waals surface area contributed by atoms with E-state index in [1.54, 1.807) is 6.26 Å². The summed E-state index contributed by atoms with van der Waals surface area (Å²) in [6.07, 6.45) is 2.21. The van der Waals surface area contributed by atoms with Gasteiger partial charge in [-0.25, -0.2) is 0 Å². The van der Waals surface area contributed by atoms with Crippen molar-refractivity contribution in [2.75, 3.05) is 26.2 Å². The van der Waals surface area contributed by atoms with E-state index in [4.69, 9.17) is 4.42 Å². The number of halogens is 1.